The van der Waals surface area contributed by atoms with Gasteiger partial charge in [0.1, 0.15) is 0 Å². The van der Waals surface area contributed by atoms with E-state index >= 15 is 0 Å². The highest BCUT2D eigenvalue weighted by Gasteiger charge is 2.33. The van der Waals surface area contributed by atoms with Crippen molar-refractivity contribution < 1.29 is 9.90 Å². The number of amides is 1. The summed E-state index contributed by atoms with van der Waals surface area (Å²) in [6, 6.07) is 2.81. The van der Waals surface area contributed by atoms with Gasteiger partial charge in [0.2, 0.25) is 5.56 Å². The third-order valence-electron chi connectivity index (χ3n) is 3.54. The summed E-state index contributed by atoms with van der Waals surface area (Å²) in [4.78, 5) is 25.4. The Kier molecular flexibility index (Phi) is 3.81. The average Bonchev–Trinajstić information content (AvgIpc) is 2.40. The van der Waals surface area contributed by atoms with E-state index < -0.39 is 5.54 Å². The van der Waals surface area contributed by atoms with Crippen LogP contribution in [0, 0.1) is 0 Å². The second-order valence-electron chi connectivity index (χ2n) is 4.89. The van der Waals surface area contributed by atoms with Gasteiger partial charge in [-0.25, -0.2) is 0 Å². The molecule has 1 amide bonds. The third-order valence-corrected chi connectivity index (χ3v) is 3.54. The molecule has 1 heterocycles. The monoisotopic (exact) mass is 250 g/mol. The Labute approximate surface area is 105 Å². The number of rotatable bonds is 3. The summed E-state index contributed by atoms with van der Waals surface area (Å²) in [5.74, 6) is -0.248. The minimum Gasteiger partial charge on any atom is -0.394 e. The molecule has 0 atom stereocenters. The maximum absolute atomic E-state index is 12.0. The molecule has 5 heteroatoms. The standard InChI is InChI=1S/C13H18N2O3/c16-9-13(6-2-1-3-7-13)15-12(18)10-4-5-11(17)14-8-10/h4-5,8,16H,1-3,6-7,9H2,(H,14,17)(H,15,18). The first-order valence-electron chi connectivity index (χ1n) is 6.27. The fourth-order valence-corrected chi connectivity index (χ4v) is 2.42. The van der Waals surface area contributed by atoms with Crippen molar-refractivity contribution in [2.45, 2.75) is 37.6 Å². The minimum atomic E-state index is -0.495. The Morgan fingerprint density at radius 1 is 1.33 bits per heavy atom. The fraction of sp³-hybridized carbons (Fsp3) is 0.538. The molecular formula is C13H18N2O3. The molecule has 0 radical (unpaired) electrons. The van der Waals surface area contributed by atoms with E-state index in [4.69, 9.17) is 0 Å². The molecule has 0 unspecified atom stereocenters. The number of aliphatic hydroxyl groups is 1. The van der Waals surface area contributed by atoms with Crippen LogP contribution in [-0.4, -0.2) is 28.1 Å². The van der Waals surface area contributed by atoms with Gasteiger partial charge in [-0.1, -0.05) is 19.3 Å². The first-order chi connectivity index (χ1) is 8.65. The number of hydrogen-bond donors (Lipinski definition) is 3. The third kappa shape index (κ3) is 2.79. The predicted octanol–water partition coefficient (Wildman–Crippen LogP) is 0.800. The molecule has 1 aromatic rings. The number of aromatic nitrogens is 1. The SMILES string of the molecule is O=C(NC1(CO)CCCCC1)c1ccc(=O)[nH]c1. The van der Waals surface area contributed by atoms with Gasteiger partial charge in [0.25, 0.3) is 5.91 Å². The minimum absolute atomic E-state index is 0.0396. The van der Waals surface area contributed by atoms with Gasteiger partial charge in [-0.3, -0.25) is 9.59 Å². The van der Waals surface area contributed by atoms with Crippen LogP contribution in [0.5, 0.6) is 0 Å². The number of hydrogen-bond acceptors (Lipinski definition) is 3. The zero-order chi connectivity index (χ0) is 13.0. The number of carbonyl (C=O) groups excluding carboxylic acids is 1. The van der Waals surface area contributed by atoms with Gasteiger partial charge in [-0.2, -0.15) is 0 Å². The largest absolute Gasteiger partial charge is 0.394 e. The number of aromatic amines is 1. The van der Waals surface area contributed by atoms with Crippen molar-refractivity contribution in [2.24, 2.45) is 0 Å². The fourth-order valence-electron chi connectivity index (χ4n) is 2.42. The molecule has 0 aliphatic heterocycles. The van der Waals surface area contributed by atoms with Crippen LogP contribution >= 0.6 is 0 Å². The van der Waals surface area contributed by atoms with Crippen molar-refractivity contribution >= 4 is 5.91 Å². The number of pyridine rings is 1. The molecule has 3 N–H and O–H groups in total. The van der Waals surface area contributed by atoms with Gasteiger partial charge in [-0.15, -0.1) is 0 Å². The van der Waals surface area contributed by atoms with E-state index in [0.717, 1.165) is 32.1 Å². The summed E-state index contributed by atoms with van der Waals surface area (Å²) in [5.41, 5.74) is -0.319. The van der Waals surface area contributed by atoms with Crippen molar-refractivity contribution in [3.8, 4) is 0 Å². The van der Waals surface area contributed by atoms with Crippen molar-refractivity contribution in [3.05, 3.63) is 34.2 Å². The van der Waals surface area contributed by atoms with E-state index in [0.29, 0.717) is 5.56 Å². The molecule has 0 saturated heterocycles. The van der Waals surface area contributed by atoms with Crippen LogP contribution in [0.4, 0.5) is 0 Å². The first-order valence-corrected chi connectivity index (χ1v) is 6.27. The van der Waals surface area contributed by atoms with Crippen LogP contribution in [-0.2, 0) is 0 Å². The van der Waals surface area contributed by atoms with Crippen molar-refractivity contribution in [1.29, 1.82) is 0 Å². The normalized spacial score (nSPS) is 18.3. The molecule has 1 aromatic heterocycles. The lowest BCUT2D eigenvalue weighted by atomic mass is 9.82. The first kappa shape index (κ1) is 12.8. The van der Waals surface area contributed by atoms with Crippen LogP contribution in [0.1, 0.15) is 42.5 Å². The van der Waals surface area contributed by atoms with Crippen molar-refractivity contribution in [3.63, 3.8) is 0 Å². The van der Waals surface area contributed by atoms with E-state index in [2.05, 4.69) is 10.3 Å². The Morgan fingerprint density at radius 3 is 2.61 bits per heavy atom. The van der Waals surface area contributed by atoms with E-state index in [9.17, 15) is 14.7 Å². The molecule has 1 aliphatic rings. The Bertz CT molecular complexity index is 455. The summed E-state index contributed by atoms with van der Waals surface area (Å²) in [6.45, 7) is -0.0396. The molecule has 1 saturated carbocycles. The zero-order valence-electron chi connectivity index (χ0n) is 10.2. The van der Waals surface area contributed by atoms with E-state index in [-0.39, 0.29) is 18.1 Å². The van der Waals surface area contributed by atoms with E-state index in [1.54, 1.807) is 0 Å². The molecule has 5 nitrogen and oxygen atoms in total. The predicted molar refractivity (Wildman–Crippen MR) is 67.4 cm³/mol. The van der Waals surface area contributed by atoms with Crippen LogP contribution < -0.4 is 10.9 Å². The second kappa shape index (κ2) is 5.35. The molecule has 18 heavy (non-hydrogen) atoms. The Hall–Kier alpha value is -1.62. The quantitative estimate of drug-likeness (QED) is 0.742. The summed E-state index contributed by atoms with van der Waals surface area (Å²) in [6.07, 6.45) is 6.19. The van der Waals surface area contributed by atoms with E-state index in [1.807, 2.05) is 0 Å². The number of aliphatic hydroxyl groups excluding tert-OH is 1. The lowest BCUT2D eigenvalue weighted by Crippen LogP contribution is -2.52. The molecule has 0 spiro atoms. The van der Waals surface area contributed by atoms with Crippen molar-refractivity contribution in [1.82, 2.24) is 10.3 Å². The highest BCUT2D eigenvalue weighted by Crippen LogP contribution is 2.27. The Balaban J connectivity index is 2.09. The topological polar surface area (TPSA) is 82.2 Å². The highest BCUT2D eigenvalue weighted by molar-refractivity contribution is 5.94. The molecule has 1 aliphatic carbocycles. The van der Waals surface area contributed by atoms with Gasteiger partial charge in [0, 0.05) is 12.3 Å². The van der Waals surface area contributed by atoms with Gasteiger partial charge >= 0.3 is 0 Å². The summed E-state index contributed by atoms with van der Waals surface area (Å²) >= 11 is 0. The molecule has 0 bridgehead atoms. The van der Waals surface area contributed by atoms with Gasteiger partial charge in [0.15, 0.2) is 0 Å². The number of H-pyrrole nitrogens is 1. The molecule has 0 aromatic carbocycles. The number of carbonyl (C=O) groups is 1. The molecule has 1 fully saturated rings. The van der Waals surface area contributed by atoms with Crippen molar-refractivity contribution in [2.75, 3.05) is 6.61 Å². The number of nitrogens with one attached hydrogen (secondary N) is 2. The van der Waals surface area contributed by atoms with Crippen LogP contribution in [0.3, 0.4) is 0 Å². The summed E-state index contributed by atoms with van der Waals surface area (Å²) in [5, 5.41) is 12.4. The van der Waals surface area contributed by atoms with Gasteiger partial charge in [0.05, 0.1) is 17.7 Å². The zero-order valence-corrected chi connectivity index (χ0v) is 10.2. The van der Waals surface area contributed by atoms with Crippen LogP contribution in [0.25, 0.3) is 0 Å². The van der Waals surface area contributed by atoms with Gasteiger partial charge in [-0.05, 0) is 18.9 Å². The maximum atomic E-state index is 12.0. The lowest BCUT2D eigenvalue weighted by molar-refractivity contribution is 0.0758. The second-order valence-corrected chi connectivity index (χ2v) is 4.89. The smallest absolute Gasteiger partial charge is 0.253 e. The maximum Gasteiger partial charge on any atom is 0.253 e. The average molecular weight is 250 g/mol. The van der Waals surface area contributed by atoms with E-state index in [1.165, 1.54) is 18.3 Å². The molecule has 2 rings (SSSR count). The van der Waals surface area contributed by atoms with Crippen LogP contribution in [0.2, 0.25) is 0 Å². The lowest BCUT2D eigenvalue weighted by Gasteiger charge is -2.36. The summed E-state index contributed by atoms with van der Waals surface area (Å²) < 4.78 is 0. The summed E-state index contributed by atoms with van der Waals surface area (Å²) in [7, 11) is 0. The molecule has 98 valence electrons. The Morgan fingerprint density at radius 2 is 2.06 bits per heavy atom. The molecular weight excluding hydrogens is 232 g/mol. The highest BCUT2D eigenvalue weighted by atomic mass is 16.3. The van der Waals surface area contributed by atoms with Gasteiger partial charge < -0.3 is 15.4 Å². The van der Waals surface area contributed by atoms with Crippen LogP contribution in [0.15, 0.2) is 23.1 Å².